The summed E-state index contributed by atoms with van der Waals surface area (Å²) in [7, 11) is 0. The van der Waals surface area contributed by atoms with Crippen molar-refractivity contribution >= 4 is 5.57 Å². The lowest BCUT2D eigenvalue weighted by Gasteiger charge is -2.04. The monoisotopic (exact) mass is 199 g/mol. The van der Waals surface area contributed by atoms with Gasteiger partial charge in [0.05, 0.1) is 0 Å². The second-order valence-corrected chi connectivity index (χ2v) is 3.11. The fourth-order valence-electron chi connectivity index (χ4n) is 1.47. The Bertz CT molecular complexity index is 399. The first-order valence-corrected chi connectivity index (χ1v) is 4.23. The summed E-state index contributed by atoms with van der Waals surface area (Å²) in [6, 6.07) is 1.55. The first-order chi connectivity index (χ1) is 6.68. The SMILES string of the molecule is Fc1cc(F)c(F)c(C2=CCNC2)c1. The van der Waals surface area contributed by atoms with E-state index in [0.29, 0.717) is 24.7 Å². The molecule has 0 fully saturated rings. The molecule has 0 saturated carbocycles. The van der Waals surface area contributed by atoms with Crippen molar-refractivity contribution < 1.29 is 13.2 Å². The molecule has 0 amide bonds. The van der Waals surface area contributed by atoms with Gasteiger partial charge in [-0.2, -0.15) is 0 Å². The largest absolute Gasteiger partial charge is 0.309 e. The van der Waals surface area contributed by atoms with E-state index in [0.717, 1.165) is 6.07 Å². The van der Waals surface area contributed by atoms with Gasteiger partial charge in [0.15, 0.2) is 11.6 Å². The molecular formula is C10H8F3N. The maximum Gasteiger partial charge on any atom is 0.166 e. The van der Waals surface area contributed by atoms with Crippen LogP contribution in [0.4, 0.5) is 13.2 Å². The molecule has 0 spiro atoms. The molecule has 0 aromatic heterocycles. The van der Waals surface area contributed by atoms with Gasteiger partial charge in [0.2, 0.25) is 0 Å². The summed E-state index contributed by atoms with van der Waals surface area (Å²) in [4.78, 5) is 0. The van der Waals surface area contributed by atoms with E-state index in [-0.39, 0.29) is 5.56 Å². The second kappa shape index (κ2) is 3.46. The smallest absolute Gasteiger partial charge is 0.166 e. The quantitative estimate of drug-likeness (QED) is 0.683. The highest BCUT2D eigenvalue weighted by atomic mass is 19.2. The van der Waals surface area contributed by atoms with Crippen molar-refractivity contribution in [3.8, 4) is 0 Å². The van der Waals surface area contributed by atoms with Crippen LogP contribution < -0.4 is 5.32 Å². The number of rotatable bonds is 1. The number of hydrogen-bond acceptors (Lipinski definition) is 1. The van der Waals surface area contributed by atoms with Gasteiger partial charge in [0, 0.05) is 24.7 Å². The van der Waals surface area contributed by atoms with Gasteiger partial charge in [0.1, 0.15) is 5.82 Å². The summed E-state index contributed by atoms with van der Waals surface area (Å²) in [5, 5.41) is 2.93. The van der Waals surface area contributed by atoms with Crippen LogP contribution in [0.1, 0.15) is 5.56 Å². The Morgan fingerprint density at radius 3 is 2.57 bits per heavy atom. The van der Waals surface area contributed by atoms with Gasteiger partial charge in [-0.1, -0.05) is 6.08 Å². The zero-order chi connectivity index (χ0) is 10.1. The highest BCUT2D eigenvalue weighted by Gasteiger charge is 2.16. The number of benzene rings is 1. The lowest BCUT2D eigenvalue weighted by Crippen LogP contribution is -2.08. The summed E-state index contributed by atoms with van der Waals surface area (Å²) in [6.45, 7) is 1.05. The summed E-state index contributed by atoms with van der Waals surface area (Å²) >= 11 is 0. The Morgan fingerprint density at radius 1 is 1.14 bits per heavy atom. The van der Waals surface area contributed by atoms with E-state index in [1.807, 2.05) is 0 Å². The zero-order valence-corrected chi connectivity index (χ0v) is 7.28. The van der Waals surface area contributed by atoms with Crippen molar-refractivity contribution in [1.29, 1.82) is 0 Å². The van der Waals surface area contributed by atoms with Crippen molar-refractivity contribution in [2.75, 3.05) is 13.1 Å². The first kappa shape index (κ1) is 9.27. The molecule has 1 aromatic rings. The molecule has 4 heteroatoms. The van der Waals surface area contributed by atoms with Crippen LogP contribution in [0.3, 0.4) is 0 Å². The van der Waals surface area contributed by atoms with Gasteiger partial charge < -0.3 is 5.32 Å². The summed E-state index contributed by atoms with van der Waals surface area (Å²) < 4.78 is 38.9. The van der Waals surface area contributed by atoms with Crippen LogP contribution in [-0.4, -0.2) is 13.1 Å². The van der Waals surface area contributed by atoms with Gasteiger partial charge in [-0.15, -0.1) is 0 Å². The van der Waals surface area contributed by atoms with Gasteiger partial charge in [0.25, 0.3) is 0 Å². The summed E-state index contributed by atoms with van der Waals surface area (Å²) in [6.07, 6.45) is 1.72. The lowest BCUT2D eigenvalue weighted by atomic mass is 10.1. The number of halogens is 3. The Morgan fingerprint density at radius 2 is 1.93 bits per heavy atom. The van der Waals surface area contributed by atoms with Gasteiger partial charge in [-0.05, 0) is 11.6 Å². The molecule has 0 aliphatic carbocycles. The third-order valence-corrected chi connectivity index (χ3v) is 2.15. The van der Waals surface area contributed by atoms with E-state index in [4.69, 9.17) is 0 Å². The Kier molecular flexibility index (Phi) is 2.29. The van der Waals surface area contributed by atoms with Crippen molar-refractivity contribution in [3.05, 3.63) is 41.2 Å². The normalized spacial score (nSPS) is 15.8. The van der Waals surface area contributed by atoms with E-state index in [2.05, 4.69) is 5.32 Å². The molecular weight excluding hydrogens is 191 g/mol. The third kappa shape index (κ3) is 1.53. The molecule has 0 unspecified atom stereocenters. The van der Waals surface area contributed by atoms with E-state index in [1.54, 1.807) is 6.08 Å². The van der Waals surface area contributed by atoms with Gasteiger partial charge in [-0.3, -0.25) is 0 Å². The molecule has 74 valence electrons. The van der Waals surface area contributed by atoms with E-state index in [1.165, 1.54) is 0 Å². The molecule has 1 heterocycles. The molecule has 1 aliphatic heterocycles. The van der Waals surface area contributed by atoms with Crippen molar-refractivity contribution in [1.82, 2.24) is 5.32 Å². The second-order valence-electron chi connectivity index (χ2n) is 3.11. The first-order valence-electron chi connectivity index (χ1n) is 4.23. The average molecular weight is 199 g/mol. The van der Waals surface area contributed by atoms with Crippen LogP contribution in [-0.2, 0) is 0 Å². The number of hydrogen-bond donors (Lipinski definition) is 1. The molecule has 0 bridgehead atoms. The molecule has 2 rings (SSSR count). The van der Waals surface area contributed by atoms with Crippen LogP contribution >= 0.6 is 0 Å². The minimum Gasteiger partial charge on any atom is -0.309 e. The zero-order valence-electron chi connectivity index (χ0n) is 7.28. The predicted molar refractivity (Wildman–Crippen MR) is 47.2 cm³/mol. The predicted octanol–water partition coefficient (Wildman–Crippen LogP) is 2.09. The minimum absolute atomic E-state index is 0.00694. The maximum atomic E-state index is 13.2. The van der Waals surface area contributed by atoms with E-state index >= 15 is 0 Å². The maximum absolute atomic E-state index is 13.2. The Balaban J connectivity index is 2.51. The number of nitrogens with one attached hydrogen (secondary N) is 1. The fraction of sp³-hybridized carbons (Fsp3) is 0.200. The van der Waals surface area contributed by atoms with E-state index < -0.39 is 17.5 Å². The van der Waals surface area contributed by atoms with Crippen molar-refractivity contribution in [2.45, 2.75) is 0 Å². The molecule has 1 aliphatic rings. The third-order valence-electron chi connectivity index (χ3n) is 2.15. The minimum atomic E-state index is -1.15. The highest BCUT2D eigenvalue weighted by Crippen LogP contribution is 2.22. The molecule has 0 saturated heterocycles. The fourth-order valence-corrected chi connectivity index (χ4v) is 1.47. The standard InChI is InChI=1S/C10H8F3N/c11-7-3-8(6-1-2-14-5-6)10(13)9(12)4-7/h1,3-4,14H,2,5H2. The van der Waals surface area contributed by atoms with Crippen LogP contribution in [0, 0.1) is 17.5 Å². The van der Waals surface area contributed by atoms with Crippen LogP contribution in [0.5, 0.6) is 0 Å². The van der Waals surface area contributed by atoms with Gasteiger partial charge >= 0.3 is 0 Å². The molecule has 14 heavy (non-hydrogen) atoms. The summed E-state index contributed by atoms with van der Waals surface area (Å²) in [5.74, 6) is -2.89. The molecule has 0 radical (unpaired) electrons. The molecule has 1 aromatic carbocycles. The Hall–Kier alpha value is -1.29. The Labute approximate surface area is 79.2 Å². The van der Waals surface area contributed by atoms with Crippen LogP contribution in [0.25, 0.3) is 5.57 Å². The van der Waals surface area contributed by atoms with Crippen LogP contribution in [0.15, 0.2) is 18.2 Å². The summed E-state index contributed by atoms with van der Waals surface area (Å²) in [5.41, 5.74) is 0.605. The van der Waals surface area contributed by atoms with Gasteiger partial charge in [-0.25, -0.2) is 13.2 Å². The molecule has 0 atom stereocenters. The topological polar surface area (TPSA) is 12.0 Å². The van der Waals surface area contributed by atoms with Crippen molar-refractivity contribution in [3.63, 3.8) is 0 Å². The van der Waals surface area contributed by atoms with Crippen LogP contribution in [0.2, 0.25) is 0 Å². The van der Waals surface area contributed by atoms with E-state index in [9.17, 15) is 13.2 Å². The van der Waals surface area contributed by atoms with Crippen molar-refractivity contribution in [2.24, 2.45) is 0 Å². The molecule has 1 nitrogen and oxygen atoms in total. The lowest BCUT2D eigenvalue weighted by molar-refractivity contribution is 0.492. The average Bonchev–Trinajstić information content (AvgIpc) is 2.63. The highest BCUT2D eigenvalue weighted by molar-refractivity contribution is 5.69. The molecule has 1 N–H and O–H groups in total.